The van der Waals surface area contributed by atoms with Crippen molar-refractivity contribution in [2.75, 3.05) is 19.0 Å². The summed E-state index contributed by atoms with van der Waals surface area (Å²) in [5.41, 5.74) is 6.31. The number of hydrogen-bond acceptors (Lipinski definition) is 4. The summed E-state index contributed by atoms with van der Waals surface area (Å²) < 4.78 is 23.2. The first-order valence-electron chi connectivity index (χ1n) is 6.58. The van der Waals surface area contributed by atoms with Gasteiger partial charge in [0.2, 0.25) is 0 Å². The average molecular weight is 296 g/mol. The van der Waals surface area contributed by atoms with Gasteiger partial charge >= 0.3 is 0 Å². The van der Waals surface area contributed by atoms with Gasteiger partial charge in [-0.05, 0) is 43.9 Å². The Kier molecular flexibility index (Phi) is 3.77. The van der Waals surface area contributed by atoms with E-state index in [1.165, 1.54) is 18.2 Å². The predicted octanol–water partition coefficient (Wildman–Crippen LogP) is 1.54. The lowest BCUT2D eigenvalue weighted by atomic mass is 10.1. The standard InChI is InChI=1S/C14H20N2O3S/c1-9(10-4-5-10)16(2)14(17)11-6-12(15)8-13(7-11)20(3,18)19/h6-10H,4-5,15H2,1-3H3. The number of nitrogen functional groups attached to an aromatic ring is 1. The molecule has 0 saturated heterocycles. The number of carbonyl (C=O) groups is 1. The summed E-state index contributed by atoms with van der Waals surface area (Å²) in [5, 5.41) is 0. The van der Waals surface area contributed by atoms with E-state index < -0.39 is 9.84 Å². The number of rotatable bonds is 4. The van der Waals surface area contributed by atoms with Crippen LogP contribution in [0.5, 0.6) is 0 Å². The SMILES string of the molecule is CC(C1CC1)N(C)C(=O)c1cc(N)cc(S(C)(=O)=O)c1. The zero-order chi connectivity index (χ0) is 15.1. The van der Waals surface area contributed by atoms with Gasteiger partial charge in [0.1, 0.15) is 0 Å². The van der Waals surface area contributed by atoms with Gasteiger partial charge in [-0.15, -0.1) is 0 Å². The molecule has 0 heterocycles. The number of nitrogens with zero attached hydrogens (tertiary/aromatic N) is 1. The van der Waals surface area contributed by atoms with E-state index >= 15 is 0 Å². The van der Waals surface area contributed by atoms with E-state index in [0.717, 1.165) is 19.1 Å². The minimum absolute atomic E-state index is 0.0772. The molecule has 1 aliphatic rings. The van der Waals surface area contributed by atoms with Crippen molar-refractivity contribution in [1.29, 1.82) is 0 Å². The van der Waals surface area contributed by atoms with Crippen LogP contribution in [0.15, 0.2) is 23.1 Å². The number of hydrogen-bond donors (Lipinski definition) is 1. The molecule has 1 saturated carbocycles. The molecular formula is C14H20N2O3S. The largest absolute Gasteiger partial charge is 0.399 e. The van der Waals surface area contributed by atoms with E-state index in [4.69, 9.17) is 5.73 Å². The molecule has 20 heavy (non-hydrogen) atoms. The van der Waals surface area contributed by atoms with E-state index in [9.17, 15) is 13.2 Å². The quantitative estimate of drug-likeness (QED) is 0.855. The van der Waals surface area contributed by atoms with Gasteiger partial charge in [-0.25, -0.2) is 8.42 Å². The molecule has 0 spiro atoms. The molecule has 1 atom stereocenters. The first kappa shape index (κ1) is 14.8. The number of nitrogens with two attached hydrogens (primary N) is 1. The van der Waals surface area contributed by atoms with Crippen molar-refractivity contribution >= 4 is 21.4 Å². The normalized spacial score (nSPS) is 16.8. The highest BCUT2D eigenvalue weighted by Crippen LogP contribution is 2.35. The van der Waals surface area contributed by atoms with Gasteiger partial charge in [0.15, 0.2) is 9.84 Å². The van der Waals surface area contributed by atoms with E-state index in [0.29, 0.717) is 11.5 Å². The Morgan fingerprint density at radius 1 is 1.35 bits per heavy atom. The van der Waals surface area contributed by atoms with Crippen LogP contribution in [-0.2, 0) is 9.84 Å². The van der Waals surface area contributed by atoms with Crippen LogP contribution < -0.4 is 5.73 Å². The van der Waals surface area contributed by atoms with Crippen LogP contribution in [0.25, 0.3) is 0 Å². The maximum absolute atomic E-state index is 12.4. The van der Waals surface area contributed by atoms with Crippen LogP contribution >= 0.6 is 0 Å². The zero-order valence-electron chi connectivity index (χ0n) is 12.0. The van der Waals surface area contributed by atoms with Crippen LogP contribution in [-0.4, -0.2) is 38.6 Å². The second-order valence-corrected chi connectivity index (χ2v) is 7.57. The molecule has 1 aliphatic carbocycles. The summed E-state index contributed by atoms with van der Waals surface area (Å²) in [4.78, 5) is 14.2. The van der Waals surface area contributed by atoms with Gasteiger partial charge in [0, 0.05) is 30.6 Å². The highest BCUT2D eigenvalue weighted by atomic mass is 32.2. The predicted molar refractivity (Wildman–Crippen MR) is 78.2 cm³/mol. The number of amides is 1. The summed E-state index contributed by atoms with van der Waals surface area (Å²) in [6.07, 6.45) is 3.39. The molecule has 1 aromatic carbocycles. The van der Waals surface area contributed by atoms with Crippen LogP contribution in [0.4, 0.5) is 5.69 Å². The lowest BCUT2D eigenvalue weighted by Crippen LogP contribution is -2.36. The van der Waals surface area contributed by atoms with Crippen molar-refractivity contribution in [1.82, 2.24) is 4.90 Å². The van der Waals surface area contributed by atoms with Crippen molar-refractivity contribution in [2.45, 2.75) is 30.7 Å². The van der Waals surface area contributed by atoms with Crippen LogP contribution in [0, 0.1) is 5.92 Å². The third-order valence-corrected chi connectivity index (χ3v) is 4.93. The van der Waals surface area contributed by atoms with Crippen molar-refractivity contribution in [2.24, 2.45) is 5.92 Å². The Balaban J connectivity index is 2.32. The van der Waals surface area contributed by atoms with Crippen molar-refractivity contribution in [3.8, 4) is 0 Å². The summed E-state index contributed by atoms with van der Waals surface area (Å²) in [7, 11) is -1.64. The van der Waals surface area contributed by atoms with Crippen molar-refractivity contribution < 1.29 is 13.2 Å². The minimum atomic E-state index is -3.38. The van der Waals surface area contributed by atoms with E-state index in [1.54, 1.807) is 11.9 Å². The van der Waals surface area contributed by atoms with Gasteiger partial charge in [-0.2, -0.15) is 0 Å². The topological polar surface area (TPSA) is 80.5 Å². The molecule has 1 fully saturated rings. The summed E-state index contributed by atoms with van der Waals surface area (Å²) in [6.45, 7) is 2.01. The molecule has 110 valence electrons. The Labute approximate surface area is 119 Å². The highest BCUT2D eigenvalue weighted by molar-refractivity contribution is 7.90. The minimum Gasteiger partial charge on any atom is -0.399 e. The van der Waals surface area contributed by atoms with Gasteiger partial charge in [0.05, 0.1) is 4.90 Å². The lowest BCUT2D eigenvalue weighted by Gasteiger charge is -2.25. The molecule has 5 nitrogen and oxygen atoms in total. The second kappa shape index (κ2) is 5.09. The van der Waals surface area contributed by atoms with E-state index in [2.05, 4.69) is 0 Å². The smallest absolute Gasteiger partial charge is 0.253 e. The summed E-state index contributed by atoms with van der Waals surface area (Å²) in [6, 6.07) is 4.44. The molecule has 6 heteroatoms. The second-order valence-electron chi connectivity index (χ2n) is 5.56. The Morgan fingerprint density at radius 3 is 2.45 bits per heavy atom. The van der Waals surface area contributed by atoms with E-state index in [-0.39, 0.29) is 22.5 Å². The van der Waals surface area contributed by atoms with Gasteiger partial charge in [-0.3, -0.25) is 4.79 Å². The van der Waals surface area contributed by atoms with Gasteiger partial charge in [-0.1, -0.05) is 0 Å². The van der Waals surface area contributed by atoms with Crippen molar-refractivity contribution in [3.05, 3.63) is 23.8 Å². The van der Waals surface area contributed by atoms with Crippen LogP contribution in [0.1, 0.15) is 30.1 Å². The highest BCUT2D eigenvalue weighted by Gasteiger charge is 2.32. The lowest BCUT2D eigenvalue weighted by molar-refractivity contribution is 0.0727. The van der Waals surface area contributed by atoms with Crippen LogP contribution in [0.3, 0.4) is 0 Å². The van der Waals surface area contributed by atoms with Gasteiger partial charge < -0.3 is 10.6 Å². The Bertz CT molecular complexity index is 636. The van der Waals surface area contributed by atoms with E-state index in [1.807, 2.05) is 6.92 Å². The molecule has 1 amide bonds. The number of sulfone groups is 1. The monoisotopic (exact) mass is 296 g/mol. The molecular weight excluding hydrogens is 276 g/mol. The molecule has 0 bridgehead atoms. The first-order valence-corrected chi connectivity index (χ1v) is 8.47. The fraction of sp³-hybridized carbons (Fsp3) is 0.500. The third-order valence-electron chi connectivity index (χ3n) is 3.84. The maximum atomic E-state index is 12.4. The van der Waals surface area contributed by atoms with Crippen LogP contribution in [0.2, 0.25) is 0 Å². The molecule has 2 N–H and O–H groups in total. The third kappa shape index (κ3) is 3.12. The van der Waals surface area contributed by atoms with Gasteiger partial charge in [0.25, 0.3) is 5.91 Å². The summed E-state index contributed by atoms with van der Waals surface area (Å²) >= 11 is 0. The fourth-order valence-electron chi connectivity index (χ4n) is 2.24. The Morgan fingerprint density at radius 2 is 1.95 bits per heavy atom. The molecule has 2 rings (SSSR count). The molecule has 0 aliphatic heterocycles. The fourth-order valence-corrected chi connectivity index (χ4v) is 2.93. The maximum Gasteiger partial charge on any atom is 0.253 e. The molecule has 0 aromatic heterocycles. The molecule has 0 radical (unpaired) electrons. The van der Waals surface area contributed by atoms with Crippen molar-refractivity contribution in [3.63, 3.8) is 0 Å². The molecule has 1 unspecified atom stereocenters. The molecule has 1 aromatic rings. The Hall–Kier alpha value is -1.56. The number of benzene rings is 1. The number of anilines is 1. The zero-order valence-corrected chi connectivity index (χ0v) is 12.8. The average Bonchev–Trinajstić information content (AvgIpc) is 3.18. The first-order chi connectivity index (χ1) is 9.20. The number of carbonyl (C=O) groups excluding carboxylic acids is 1. The summed E-state index contributed by atoms with van der Waals surface area (Å²) in [5.74, 6) is 0.362.